The van der Waals surface area contributed by atoms with Crippen molar-refractivity contribution in [3.05, 3.63) is 64.7 Å². The molecule has 126 valence electrons. The summed E-state index contributed by atoms with van der Waals surface area (Å²) >= 11 is 6.15. The number of carbonyl (C=O) groups is 2. The molecule has 2 rings (SSSR count). The Morgan fingerprint density at radius 3 is 2.54 bits per heavy atom. The Hall–Kier alpha value is -2.33. The van der Waals surface area contributed by atoms with Crippen molar-refractivity contribution in [1.29, 1.82) is 0 Å². The highest BCUT2D eigenvalue weighted by molar-refractivity contribution is 6.34. The van der Waals surface area contributed by atoms with Crippen LogP contribution in [0.3, 0.4) is 0 Å². The minimum absolute atomic E-state index is 0.0139. The zero-order chi connectivity index (χ0) is 17.4. The van der Waals surface area contributed by atoms with E-state index in [0.29, 0.717) is 22.7 Å². The number of hydrogen-bond donors (Lipinski definition) is 1. The van der Waals surface area contributed by atoms with Crippen LogP contribution in [0.4, 0.5) is 10.5 Å². The molecule has 0 aliphatic rings. The number of amides is 1. The molecule has 4 nitrogen and oxygen atoms in total. The fraction of sp³-hybridized carbons (Fsp3) is 0.263. The van der Waals surface area contributed by atoms with Crippen LogP contribution in [0.15, 0.2) is 48.5 Å². The number of benzene rings is 2. The van der Waals surface area contributed by atoms with Gasteiger partial charge in [-0.05, 0) is 30.2 Å². The molecule has 0 saturated heterocycles. The first-order chi connectivity index (χ1) is 11.6. The van der Waals surface area contributed by atoms with Crippen LogP contribution in [0.5, 0.6) is 0 Å². The molecule has 0 aliphatic heterocycles. The van der Waals surface area contributed by atoms with E-state index in [-0.39, 0.29) is 12.4 Å². The van der Waals surface area contributed by atoms with Crippen molar-refractivity contribution in [1.82, 2.24) is 0 Å². The minimum Gasteiger partial charge on any atom is -0.444 e. The average Bonchev–Trinajstić information content (AvgIpc) is 2.59. The molecule has 0 fully saturated rings. The molecule has 1 N–H and O–H groups in total. The van der Waals surface area contributed by atoms with Crippen molar-refractivity contribution in [3.63, 3.8) is 0 Å². The van der Waals surface area contributed by atoms with E-state index in [1.54, 1.807) is 18.2 Å². The van der Waals surface area contributed by atoms with Gasteiger partial charge in [-0.3, -0.25) is 10.1 Å². The fourth-order valence-corrected chi connectivity index (χ4v) is 2.45. The summed E-state index contributed by atoms with van der Waals surface area (Å²) < 4.78 is 5.14. The molecule has 0 atom stereocenters. The van der Waals surface area contributed by atoms with Gasteiger partial charge in [-0.2, -0.15) is 0 Å². The number of nitrogens with one attached hydrogen (secondary N) is 1. The minimum atomic E-state index is -0.569. The largest absolute Gasteiger partial charge is 0.444 e. The first-order valence-corrected chi connectivity index (χ1v) is 8.28. The average molecular weight is 346 g/mol. The monoisotopic (exact) mass is 345 g/mol. The normalized spacial score (nSPS) is 10.2. The number of rotatable bonds is 7. The Bertz CT molecular complexity index is 701. The molecule has 0 spiro atoms. The highest BCUT2D eigenvalue weighted by atomic mass is 35.5. The summed E-state index contributed by atoms with van der Waals surface area (Å²) in [7, 11) is 0. The number of ketones is 1. The van der Waals surface area contributed by atoms with Crippen LogP contribution >= 0.6 is 11.6 Å². The van der Waals surface area contributed by atoms with Gasteiger partial charge in [0, 0.05) is 17.7 Å². The maximum absolute atomic E-state index is 12.0. The molecule has 2 aromatic rings. The summed E-state index contributed by atoms with van der Waals surface area (Å²) in [5, 5.41) is 2.94. The third-order valence-electron chi connectivity index (χ3n) is 3.49. The quantitative estimate of drug-likeness (QED) is 0.678. The van der Waals surface area contributed by atoms with Crippen LogP contribution in [0.2, 0.25) is 5.02 Å². The number of anilines is 1. The predicted octanol–water partition coefficient (Wildman–Crippen LogP) is 5.46. The van der Waals surface area contributed by atoms with Crippen LogP contribution in [0.1, 0.15) is 42.1 Å². The number of unbranched alkanes of at least 4 members (excludes halogenated alkanes) is 1. The zero-order valence-electron chi connectivity index (χ0n) is 13.5. The van der Waals surface area contributed by atoms with Crippen LogP contribution < -0.4 is 5.32 Å². The zero-order valence-corrected chi connectivity index (χ0v) is 14.3. The van der Waals surface area contributed by atoms with Gasteiger partial charge in [0.2, 0.25) is 0 Å². The third kappa shape index (κ3) is 5.39. The van der Waals surface area contributed by atoms with E-state index in [9.17, 15) is 9.59 Å². The molecule has 24 heavy (non-hydrogen) atoms. The maximum atomic E-state index is 12.0. The second-order valence-corrected chi connectivity index (χ2v) is 5.82. The molecule has 0 unspecified atom stereocenters. The first-order valence-electron chi connectivity index (χ1n) is 7.90. The summed E-state index contributed by atoms with van der Waals surface area (Å²) in [6.45, 7) is 2.22. The number of Topliss-reactive ketones (excluding diaryl/α,β-unsaturated/α-hetero) is 1. The molecule has 2 aromatic carbocycles. The molecule has 0 aromatic heterocycles. The predicted molar refractivity (Wildman–Crippen MR) is 95.6 cm³/mol. The topological polar surface area (TPSA) is 55.4 Å². The van der Waals surface area contributed by atoms with Crippen molar-refractivity contribution in [3.8, 4) is 0 Å². The van der Waals surface area contributed by atoms with E-state index in [0.717, 1.165) is 18.4 Å². The van der Waals surface area contributed by atoms with E-state index < -0.39 is 6.09 Å². The molecular weight excluding hydrogens is 326 g/mol. The Kier molecular flexibility index (Phi) is 6.82. The van der Waals surface area contributed by atoms with Gasteiger partial charge < -0.3 is 4.74 Å². The molecule has 0 heterocycles. The Morgan fingerprint density at radius 2 is 1.88 bits per heavy atom. The van der Waals surface area contributed by atoms with Crippen LogP contribution in [0.25, 0.3) is 0 Å². The maximum Gasteiger partial charge on any atom is 0.411 e. The van der Waals surface area contributed by atoms with Gasteiger partial charge in [0.05, 0.1) is 5.02 Å². The van der Waals surface area contributed by atoms with Crippen molar-refractivity contribution in [2.24, 2.45) is 0 Å². The second kappa shape index (κ2) is 9.08. The van der Waals surface area contributed by atoms with E-state index in [4.69, 9.17) is 16.3 Å². The van der Waals surface area contributed by atoms with E-state index in [1.807, 2.05) is 37.3 Å². The Balaban J connectivity index is 1.91. The lowest BCUT2D eigenvalue weighted by molar-refractivity contribution is 0.0980. The number of carbonyl (C=O) groups excluding carboxylic acids is 2. The summed E-state index contributed by atoms with van der Waals surface area (Å²) in [5.74, 6) is 0.0139. The van der Waals surface area contributed by atoms with Gasteiger partial charge in [0.1, 0.15) is 6.61 Å². The molecule has 5 heteroatoms. The van der Waals surface area contributed by atoms with Crippen LogP contribution in [0, 0.1) is 0 Å². The van der Waals surface area contributed by atoms with Gasteiger partial charge in [-0.1, -0.05) is 55.3 Å². The first kappa shape index (κ1) is 18.0. The fourth-order valence-electron chi connectivity index (χ4n) is 2.17. The van der Waals surface area contributed by atoms with Gasteiger partial charge in [-0.25, -0.2) is 4.79 Å². The van der Waals surface area contributed by atoms with Crippen molar-refractivity contribution in [2.75, 3.05) is 5.32 Å². The molecular formula is C19H20ClNO3. The van der Waals surface area contributed by atoms with Gasteiger partial charge in [0.25, 0.3) is 0 Å². The number of hydrogen-bond acceptors (Lipinski definition) is 3. The van der Waals surface area contributed by atoms with E-state index in [2.05, 4.69) is 5.32 Å². The van der Waals surface area contributed by atoms with Crippen molar-refractivity contribution >= 4 is 29.2 Å². The molecule has 1 amide bonds. The lowest BCUT2D eigenvalue weighted by atomic mass is 10.1. The molecule has 0 aliphatic carbocycles. The smallest absolute Gasteiger partial charge is 0.411 e. The number of ether oxygens (including phenoxy) is 1. The highest BCUT2D eigenvalue weighted by Gasteiger charge is 2.12. The van der Waals surface area contributed by atoms with Crippen molar-refractivity contribution < 1.29 is 14.3 Å². The lowest BCUT2D eigenvalue weighted by Crippen LogP contribution is -2.13. The van der Waals surface area contributed by atoms with Crippen LogP contribution in [-0.4, -0.2) is 11.9 Å². The molecule has 0 bridgehead atoms. The van der Waals surface area contributed by atoms with Crippen LogP contribution in [-0.2, 0) is 11.3 Å². The SMILES string of the molecule is CCCCC(=O)c1ccc(NC(=O)OCc2ccccc2)cc1Cl. The van der Waals surface area contributed by atoms with E-state index in [1.165, 1.54) is 0 Å². The third-order valence-corrected chi connectivity index (χ3v) is 3.80. The Labute approximate surface area is 146 Å². The van der Waals surface area contributed by atoms with Crippen molar-refractivity contribution in [2.45, 2.75) is 32.8 Å². The highest BCUT2D eigenvalue weighted by Crippen LogP contribution is 2.23. The summed E-state index contributed by atoms with van der Waals surface area (Å²) in [6, 6.07) is 14.2. The van der Waals surface area contributed by atoms with E-state index >= 15 is 0 Å². The Morgan fingerprint density at radius 1 is 1.12 bits per heavy atom. The molecule has 0 radical (unpaired) electrons. The second-order valence-electron chi connectivity index (χ2n) is 5.41. The lowest BCUT2D eigenvalue weighted by Gasteiger charge is -2.09. The summed E-state index contributed by atoms with van der Waals surface area (Å²) in [4.78, 5) is 23.8. The standard InChI is InChI=1S/C19H20ClNO3/c1-2-3-9-18(22)16-11-10-15(12-17(16)20)21-19(23)24-13-14-7-5-4-6-8-14/h4-8,10-12H,2-3,9,13H2,1H3,(H,21,23). The summed E-state index contributed by atoms with van der Waals surface area (Å²) in [5.41, 5.74) is 1.88. The molecule has 0 saturated carbocycles. The van der Waals surface area contributed by atoms with Gasteiger partial charge >= 0.3 is 6.09 Å². The number of halogens is 1. The van der Waals surface area contributed by atoms with Gasteiger partial charge in [0.15, 0.2) is 5.78 Å². The van der Waals surface area contributed by atoms with Gasteiger partial charge in [-0.15, -0.1) is 0 Å². The summed E-state index contributed by atoms with van der Waals surface area (Å²) in [6.07, 6.45) is 1.69.